The molecule has 156 valence electrons. The number of ketones is 1. The van der Waals surface area contributed by atoms with E-state index in [9.17, 15) is 4.79 Å². The van der Waals surface area contributed by atoms with Gasteiger partial charge in [-0.1, -0.05) is 30.3 Å². The molecule has 0 N–H and O–H groups in total. The Kier molecular flexibility index (Phi) is 6.08. The van der Waals surface area contributed by atoms with Crippen LogP contribution in [-0.2, 0) is 13.2 Å². The number of allylic oxidation sites excluding steroid dienone is 1. The Bertz CT molecular complexity index is 1240. The molecule has 2 heterocycles. The van der Waals surface area contributed by atoms with Gasteiger partial charge >= 0.3 is 0 Å². The third-order valence-corrected chi connectivity index (χ3v) is 4.98. The summed E-state index contributed by atoms with van der Waals surface area (Å²) in [6.07, 6.45) is 6.74. The molecule has 0 spiro atoms. The predicted octanol–water partition coefficient (Wildman–Crippen LogP) is 4.93. The van der Waals surface area contributed by atoms with E-state index in [1.54, 1.807) is 42.4 Å². The van der Waals surface area contributed by atoms with Crippen molar-refractivity contribution in [3.8, 4) is 11.5 Å². The normalized spacial score (nSPS) is 11.2. The molecule has 0 aliphatic carbocycles. The van der Waals surface area contributed by atoms with E-state index >= 15 is 0 Å². The van der Waals surface area contributed by atoms with Gasteiger partial charge in [0.1, 0.15) is 29.3 Å². The first-order chi connectivity index (χ1) is 15.2. The maximum absolute atomic E-state index is 12.5. The van der Waals surface area contributed by atoms with Gasteiger partial charge in [0.25, 0.3) is 0 Å². The number of carbonyl (C=O) groups is 1. The molecule has 0 aliphatic heterocycles. The van der Waals surface area contributed by atoms with Gasteiger partial charge in [0.2, 0.25) is 5.78 Å². The number of aryl methyl sites for hydroxylation is 1. The molecule has 0 fully saturated rings. The van der Waals surface area contributed by atoms with Crippen molar-refractivity contribution < 1.29 is 14.3 Å². The second-order valence-corrected chi connectivity index (χ2v) is 6.92. The topological polar surface area (TPSA) is 66.2 Å². The number of hydrogen-bond donors (Lipinski definition) is 0. The van der Waals surface area contributed by atoms with E-state index in [0.717, 1.165) is 27.8 Å². The van der Waals surface area contributed by atoms with E-state index in [4.69, 9.17) is 9.47 Å². The molecule has 0 unspecified atom stereocenters. The minimum atomic E-state index is -0.0882. The molecule has 4 rings (SSSR count). The van der Waals surface area contributed by atoms with Crippen LogP contribution in [0.1, 0.15) is 28.5 Å². The molecular formula is C25H23N3O3. The molecule has 2 aromatic carbocycles. The minimum Gasteiger partial charge on any atom is -0.496 e. The molecule has 0 radical (unpaired) electrons. The lowest BCUT2D eigenvalue weighted by Crippen LogP contribution is -2.07. The molecule has 0 atom stereocenters. The summed E-state index contributed by atoms with van der Waals surface area (Å²) in [5.41, 5.74) is 3.15. The molecule has 2 aromatic heterocycles. The Morgan fingerprint density at radius 1 is 1.06 bits per heavy atom. The zero-order valence-electron chi connectivity index (χ0n) is 17.5. The summed E-state index contributed by atoms with van der Waals surface area (Å²) in [5, 5.41) is 5.17. The molecule has 0 bridgehead atoms. The van der Waals surface area contributed by atoms with Crippen molar-refractivity contribution in [2.45, 2.75) is 20.1 Å². The molecule has 4 aromatic rings. The summed E-state index contributed by atoms with van der Waals surface area (Å²) < 4.78 is 13.2. The maximum Gasteiger partial charge on any atom is 0.203 e. The number of para-hydroxylation sites is 1. The van der Waals surface area contributed by atoms with Crippen LogP contribution in [0.15, 0.2) is 73.1 Å². The second-order valence-electron chi connectivity index (χ2n) is 6.92. The van der Waals surface area contributed by atoms with Gasteiger partial charge in [-0.25, -0.2) is 0 Å². The van der Waals surface area contributed by atoms with Gasteiger partial charge in [-0.05, 0) is 48.9 Å². The highest BCUT2D eigenvalue weighted by molar-refractivity contribution is 6.05. The Balaban J connectivity index is 1.54. The van der Waals surface area contributed by atoms with Gasteiger partial charge in [0.05, 0.1) is 7.11 Å². The summed E-state index contributed by atoms with van der Waals surface area (Å²) in [4.78, 5) is 16.9. The number of fused-ring (bicyclic) bond motifs is 1. The van der Waals surface area contributed by atoms with E-state index in [1.807, 2.05) is 55.5 Å². The summed E-state index contributed by atoms with van der Waals surface area (Å²) in [5.74, 6) is 1.35. The van der Waals surface area contributed by atoms with Gasteiger partial charge in [0.15, 0.2) is 0 Å². The molecular weight excluding hydrogens is 390 g/mol. The second kappa shape index (κ2) is 9.26. The number of methoxy groups -OCH3 is 1. The van der Waals surface area contributed by atoms with Crippen molar-refractivity contribution in [1.29, 1.82) is 0 Å². The summed E-state index contributed by atoms with van der Waals surface area (Å²) >= 11 is 0. The van der Waals surface area contributed by atoms with Crippen LogP contribution in [0.5, 0.6) is 11.5 Å². The van der Waals surface area contributed by atoms with Crippen molar-refractivity contribution in [3.05, 3.63) is 89.9 Å². The molecule has 0 saturated heterocycles. The zero-order valence-corrected chi connectivity index (χ0v) is 17.5. The minimum absolute atomic E-state index is 0.0882. The fourth-order valence-corrected chi connectivity index (χ4v) is 3.41. The van der Waals surface area contributed by atoms with Crippen molar-refractivity contribution in [2.75, 3.05) is 7.11 Å². The number of aromatic nitrogens is 3. The number of carbonyl (C=O) groups excluding carboxylic acids is 1. The van der Waals surface area contributed by atoms with Crippen LogP contribution in [0.2, 0.25) is 0 Å². The van der Waals surface area contributed by atoms with Crippen molar-refractivity contribution in [2.24, 2.45) is 0 Å². The molecule has 0 amide bonds. The largest absolute Gasteiger partial charge is 0.496 e. The Hall–Kier alpha value is -3.93. The number of hydrogen-bond acceptors (Lipinski definition) is 5. The maximum atomic E-state index is 12.5. The third kappa shape index (κ3) is 4.48. The van der Waals surface area contributed by atoms with Gasteiger partial charge in [-0.3, -0.25) is 14.5 Å². The highest BCUT2D eigenvalue weighted by Gasteiger charge is 2.10. The van der Waals surface area contributed by atoms with Crippen LogP contribution in [0.3, 0.4) is 0 Å². The first-order valence-electron chi connectivity index (χ1n) is 10.1. The van der Waals surface area contributed by atoms with Crippen molar-refractivity contribution >= 4 is 22.8 Å². The zero-order chi connectivity index (χ0) is 21.6. The number of ether oxygens (including phenoxy) is 2. The SMILES string of the molecule is CCn1nccc1C(=O)/C=C/c1ccc(OC)c(COc2cccc3cccnc23)c1. The van der Waals surface area contributed by atoms with Crippen LogP contribution >= 0.6 is 0 Å². The molecule has 31 heavy (non-hydrogen) atoms. The fraction of sp³-hybridized carbons (Fsp3) is 0.160. The van der Waals surface area contributed by atoms with Crippen LogP contribution in [0, 0.1) is 0 Å². The highest BCUT2D eigenvalue weighted by Crippen LogP contribution is 2.27. The number of rotatable bonds is 8. The van der Waals surface area contributed by atoms with Crippen LogP contribution in [0.4, 0.5) is 0 Å². The lowest BCUT2D eigenvalue weighted by molar-refractivity contribution is 0.103. The van der Waals surface area contributed by atoms with Crippen LogP contribution in [0.25, 0.3) is 17.0 Å². The summed E-state index contributed by atoms with van der Waals surface area (Å²) in [7, 11) is 1.63. The quantitative estimate of drug-likeness (QED) is 0.303. The Morgan fingerprint density at radius 2 is 1.94 bits per heavy atom. The predicted molar refractivity (Wildman–Crippen MR) is 120 cm³/mol. The standard InChI is InChI=1S/C25H23N3O3/c1-3-28-21(13-15-27-28)22(29)11-9-18-10-12-23(30-2)20(16-18)17-31-24-8-4-6-19-7-5-14-26-25(19)24/h4-16H,3,17H2,1-2H3/b11-9+. The Morgan fingerprint density at radius 3 is 2.77 bits per heavy atom. The van der Waals surface area contributed by atoms with Gasteiger partial charge in [0, 0.05) is 29.9 Å². The Labute approximate surface area is 180 Å². The summed E-state index contributed by atoms with van der Waals surface area (Å²) in [6.45, 7) is 2.92. The van der Waals surface area contributed by atoms with Gasteiger partial charge in [-0.2, -0.15) is 5.10 Å². The first kappa shape index (κ1) is 20.3. The smallest absolute Gasteiger partial charge is 0.203 e. The van der Waals surface area contributed by atoms with Gasteiger partial charge < -0.3 is 9.47 Å². The van der Waals surface area contributed by atoms with Crippen LogP contribution in [-0.4, -0.2) is 27.7 Å². The summed E-state index contributed by atoms with van der Waals surface area (Å²) in [6, 6.07) is 17.2. The van der Waals surface area contributed by atoms with Crippen molar-refractivity contribution in [3.63, 3.8) is 0 Å². The molecule has 6 heteroatoms. The van der Waals surface area contributed by atoms with Crippen LogP contribution < -0.4 is 9.47 Å². The highest BCUT2D eigenvalue weighted by atomic mass is 16.5. The van der Waals surface area contributed by atoms with E-state index < -0.39 is 0 Å². The average Bonchev–Trinajstić information content (AvgIpc) is 3.30. The fourth-order valence-electron chi connectivity index (χ4n) is 3.41. The third-order valence-electron chi connectivity index (χ3n) is 4.98. The average molecular weight is 413 g/mol. The number of nitrogens with zero attached hydrogens (tertiary/aromatic N) is 3. The van der Waals surface area contributed by atoms with Crippen molar-refractivity contribution in [1.82, 2.24) is 14.8 Å². The van der Waals surface area contributed by atoms with Gasteiger partial charge in [-0.15, -0.1) is 0 Å². The molecule has 0 aliphatic rings. The lowest BCUT2D eigenvalue weighted by atomic mass is 10.1. The lowest BCUT2D eigenvalue weighted by Gasteiger charge is -2.12. The van der Waals surface area contributed by atoms with E-state index in [-0.39, 0.29) is 5.78 Å². The van der Waals surface area contributed by atoms with E-state index in [1.165, 1.54) is 0 Å². The van der Waals surface area contributed by atoms with E-state index in [0.29, 0.717) is 24.6 Å². The number of pyridine rings is 1. The molecule has 0 saturated carbocycles. The first-order valence-corrected chi connectivity index (χ1v) is 10.1. The molecule has 6 nitrogen and oxygen atoms in total. The number of benzene rings is 2. The van der Waals surface area contributed by atoms with E-state index in [2.05, 4.69) is 10.1 Å². The monoisotopic (exact) mass is 413 g/mol.